The van der Waals surface area contributed by atoms with Crippen LogP contribution in [0, 0.1) is 0 Å². The minimum absolute atomic E-state index is 0.554. The number of aliphatic hydroxyl groups is 2. The first-order valence-electron chi connectivity index (χ1n) is 4.37. The lowest BCUT2D eigenvalue weighted by molar-refractivity contribution is -0.00360. The molecule has 2 unspecified atom stereocenters. The number of ether oxygens (including phenoxy) is 2. The highest BCUT2D eigenvalue weighted by molar-refractivity contribution is 5.31. The molecule has 0 saturated heterocycles. The van der Waals surface area contributed by atoms with Crippen molar-refractivity contribution in [3.63, 3.8) is 0 Å². The highest BCUT2D eigenvalue weighted by Gasteiger charge is 2.01. The number of hydrogen-bond donors (Lipinski definition) is 2. The van der Waals surface area contributed by atoms with Gasteiger partial charge in [0.25, 0.3) is 0 Å². The molecule has 0 bridgehead atoms. The van der Waals surface area contributed by atoms with E-state index in [9.17, 15) is 0 Å². The van der Waals surface area contributed by atoms with Gasteiger partial charge in [-0.05, 0) is 38.1 Å². The van der Waals surface area contributed by atoms with E-state index in [1.54, 1.807) is 24.3 Å². The normalized spacial score (nSPS) is 14.6. The van der Waals surface area contributed by atoms with Crippen molar-refractivity contribution >= 4 is 0 Å². The van der Waals surface area contributed by atoms with Gasteiger partial charge in [0.2, 0.25) is 0 Å². The molecule has 14 heavy (non-hydrogen) atoms. The fourth-order valence-corrected chi connectivity index (χ4v) is 0.991. The van der Waals surface area contributed by atoms with Gasteiger partial charge in [-0.1, -0.05) is 0 Å². The van der Waals surface area contributed by atoms with Gasteiger partial charge < -0.3 is 19.7 Å². The molecule has 0 saturated carbocycles. The Kier molecular flexibility index (Phi) is 3.73. The van der Waals surface area contributed by atoms with Crippen molar-refractivity contribution in [2.24, 2.45) is 0 Å². The quantitative estimate of drug-likeness (QED) is 0.712. The topological polar surface area (TPSA) is 58.9 Å². The molecule has 0 aliphatic heterocycles. The predicted octanol–water partition coefficient (Wildman–Crippen LogP) is 1.12. The molecule has 1 rings (SSSR count). The van der Waals surface area contributed by atoms with E-state index in [2.05, 4.69) is 0 Å². The van der Waals surface area contributed by atoms with Crippen LogP contribution in [0.2, 0.25) is 0 Å². The number of hydrogen-bond acceptors (Lipinski definition) is 4. The molecule has 0 spiro atoms. The summed E-state index contributed by atoms with van der Waals surface area (Å²) in [4.78, 5) is 0. The van der Waals surface area contributed by atoms with Crippen molar-refractivity contribution in [3.8, 4) is 11.5 Å². The van der Waals surface area contributed by atoms with Gasteiger partial charge in [0.05, 0.1) is 0 Å². The number of benzene rings is 1. The maximum Gasteiger partial charge on any atom is 0.194 e. The lowest BCUT2D eigenvalue weighted by atomic mass is 10.3. The fourth-order valence-electron chi connectivity index (χ4n) is 0.991. The van der Waals surface area contributed by atoms with E-state index in [0.717, 1.165) is 0 Å². The van der Waals surface area contributed by atoms with Crippen molar-refractivity contribution in [1.29, 1.82) is 0 Å². The Balaban J connectivity index is 2.59. The Labute approximate surface area is 82.7 Å². The summed E-state index contributed by atoms with van der Waals surface area (Å²) in [5, 5.41) is 17.9. The molecule has 0 heterocycles. The van der Waals surface area contributed by atoms with E-state index in [1.807, 2.05) is 0 Å². The van der Waals surface area contributed by atoms with Crippen LogP contribution < -0.4 is 9.47 Å². The fraction of sp³-hybridized carbons (Fsp3) is 0.400. The predicted molar refractivity (Wildman–Crippen MR) is 51.1 cm³/mol. The average molecular weight is 198 g/mol. The molecule has 0 fully saturated rings. The van der Waals surface area contributed by atoms with Gasteiger partial charge in [-0.2, -0.15) is 0 Å². The summed E-state index contributed by atoms with van der Waals surface area (Å²) in [5.74, 6) is 1.11. The Morgan fingerprint density at radius 1 is 0.857 bits per heavy atom. The van der Waals surface area contributed by atoms with Crippen LogP contribution in [0.4, 0.5) is 0 Å². The molecule has 1 aromatic carbocycles. The third-order valence-electron chi connectivity index (χ3n) is 1.44. The van der Waals surface area contributed by atoms with Crippen LogP contribution in [-0.2, 0) is 0 Å². The zero-order valence-electron chi connectivity index (χ0n) is 8.18. The van der Waals surface area contributed by atoms with Gasteiger partial charge in [0.15, 0.2) is 12.6 Å². The van der Waals surface area contributed by atoms with Crippen molar-refractivity contribution in [3.05, 3.63) is 24.3 Å². The van der Waals surface area contributed by atoms with Crippen LogP contribution in [0.1, 0.15) is 13.8 Å². The minimum atomic E-state index is -0.835. The van der Waals surface area contributed by atoms with Gasteiger partial charge in [-0.15, -0.1) is 0 Å². The second-order valence-electron chi connectivity index (χ2n) is 2.91. The number of rotatable bonds is 4. The Morgan fingerprint density at radius 2 is 1.14 bits per heavy atom. The summed E-state index contributed by atoms with van der Waals surface area (Å²) in [5.41, 5.74) is 0. The zero-order valence-corrected chi connectivity index (χ0v) is 8.18. The smallest absolute Gasteiger partial charge is 0.194 e. The molecule has 2 N–H and O–H groups in total. The van der Waals surface area contributed by atoms with E-state index in [1.165, 1.54) is 13.8 Å². The molecule has 78 valence electrons. The molecule has 0 radical (unpaired) electrons. The average Bonchev–Trinajstić information content (AvgIpc) is 2.06. The first-order chi connectivity index (χ1) is 6.58. The Bertz CT molecular complexity index is 237. The minimum Gasteiger partial charge on any atom is -0.465 e. The molecule has 4 nitrogen and oxygen atoms in total. The molecule has 2 atom stereocenters. The Morgan fingerprint density at radius 3 is 1.36 bits per heavy atom. The van der Waals surface area contributed by atoms with Gasteiger partial charge in [-0.3, -0.25) is 0 Å². The van der Waals surface area contributed by atoms with Crippen LogP contribution in [-0.4, -0.2) is 22.8 Å². The number of aliphatic hydroxyl groups excluding tert-OH is 2. The first kappa shape index (κ1) is 10.8. The maximum atomic E-state index is 8.93. The van der Waals surface area contributed by atoms with Gasteiger partial charge >= 0.3 is 0 Å². The highest BCUT2D eigenvalue weighted by Crippen LogP contribution is 2.18. The lowest BCUT2D eigenvalue weighted by Gasteiger charge is -2.11. The molecule has 0 aliphatic carbocycles. The maximum absolute atomic E-state index is 8.93. The molecule has 1 aromatic rings. The Hall–Kier alpha value is -1.26. The van der Waals surface area contributed by atoms with Gasteiger partial charge in [0, 0.05) is 0 Å². The van der Waals surface area contributed by atoms with E-state index in [0.29, 0.717) is 11.5 Å². The second-order valence-corrected chi connectivity index (χ2v) is 2.91. The second kappa shape index (κ2) is 4.83. The summed E-state index contributed by atoms with van der Waals surface area (Å²) >= 11 is 0. The standard InChI is InChI=1S/C10H14O4/c1-7(11)13-9-3-5-10(6-4-9)14-8(2)12/h3-8,11-12H,1-2H3. The van der Waals surface area contributed by atoms with Crippen LogP contribution in [0.15, 0.2) is 24.3 Å². The summed E-state index contributed by atoms with van der Waals surface area (Å²) < 4.78 is 10.0. The SMILES string of the molecule is CC(O)Oc1ccc(OC(C)O)cc1. The van der Waals surface area contributed by atoms with E-state index in [-0.39, 0.29) is 0 Å². The molecule has 0 aromatic heterocycles. The van der Waals surface area contributed by atoms with Gasteiger partial charge in [0.1, 0.15) is 11.5 Å². The monoisotopic (exact) mass is 198 g/mol. The highest BCUT2D eigenvalue weighted by atomic mass is 16.6. The molecular formula is C10H14O4. The van der Waals surface area contributed by atoms with Crippen molar-refractivity contribution < 1.29 is 19.7 Å². The van der Waals surface area contributed by atoms with Gasteiger partial charge in [-0.25, -0.2) is 0 Å². The van der Waals surface area contributed by atoms with Crippen LogP contribution in [0.3, 0.4) is 0 Å². The largest absolute Gasteiger partial charge is 0.465 e. The summed E-state index contributed by atoms with van der Waals surface area (Å²) in [6.07, 6.45) is -1.67. The van der Waals surface area contributed by atoms with E-state index < -0.39 is 12.6 Å². The summed E-state index contributed by atoms with van der Waals surface area (Å²) in [7, 11) is 0. The van der Waals surface area contributed by atoms with E-state index in [4.69, 9.17) is 19.7 Å². The third-order valence-corrected chi connectivity index (χ3v) is 1.44. The van der Waals surface area contributed by atoms with Crippen molar-refractivity contribution in [2.45, 2.75) is 26.4 Å². The van der Waals surface area contributed by atoms with Crippen LogP contribution >= 0.6 is 0 Å². The van der Waals surface area contributed by atoms with E-state index >= 15 is 0 Å². The van der Waals surface area contributed by atoms with Crippen molar-refractivity contribution in [1.82, 2.24) is 0 Å². The van der Waals surface area contributed by atoms with Crippen molar-refractivity contribution in [2.75, 3.05) is 0 Å². The first-order valence-corrected chi connectivity index (χ1v) is 4.37. The molecule has 4 heteroatoms. The summed E-state index contributed by atoms with van der Waals surface area (Å²) in [6, 6.07) is 6.63. The summed E-state index contributed by atoms with van der Waals surface area (Å²) in [6.45, 7) is 3.06. The van der Waals surface area contributed by atoms with Crippen LogP contribution in [0.5, 0.6) is 11.5 Å². The molecule has 0 aliphatic rings. The zero-order chi connectivity index (χ0) is 10.6. The molecule has 0 amide bonds. The lowest BCUT2D eigenvalue weighted by Crippen LogP contribution is -2.10. The third kappa shape index (κ3) is 3.64. The molecular weight excluding hydrogens is 184 g/mol. The van der Waals surface area contributed by atoms with Crippen LogP contribution in [0.25, 0.3) is 0 Å².